The monoisotopic (exact) mass is 305 g/mol. The second kappa shape index (κ2) is 5.39. The topological polar surface area (TPSA) is 13.6 Å². The van der Waals surface area contributed by atoms with E-state index in [1.165, 1.54) is 5.56 Å². The summed E-state index contributed by atoms with van der Waals surface area (Å²) in [4.78, 5) is 0. The van der Waals surface area contributed by atoms with Crippen LogP contribution in [-0.2, 0) is 6.61 Å². The Kier molecular flexibility index (Phi) is 3.60. The van der Waals surface area contributed by atoms with E-state index in [9.17, 15) is 0 Å². The van der Waals surface area contributed by atoms with Gasteiger partial charge in [0.1, 0.15) is 12.4 Å². The minimum absolute atomic E-state index is 0.350. The Morgan fingerprint density at radius 1 is 1.10 bits per heavy atom. The van der Waals surface area contributed by atoms with Gasteiger partial charge in [-0.2, -0.15) is 0 Å². The van der Waals surface area contributed by atoms with Crippen LogP contribution in [0.5, 0.6) is 5.75 Å². The lowest BCUT2D eigenvalue weighted by molar-refractivity contribution is 0.309. The molecule has 0 N–H and O–H groups in total. The van der Waals surface area contributed by atoms with E-state index in [4.69, 9.17) is 27.9 Å². The molecule has 4 heteroatoms. The first-order chi connectivity index (χ1) is 9.65. The number of hydrogen-bond acceptors (Lipinski definition) is 1. The maximum absolute atomic E-state index is 6.15. The van der Waals surface area contributed by atoms with E-state index in [0.717, 1.165) is 16.8 Å². The van der Waals surface area contributed by atoms with Crippen molar-refractivity contribution in [3.8, 4) is 5.75 Å². The molecule has 0 saturated heterocycles. The van der Waals surface area contributed by atoms with Crippen LogP contribution in [0.4, 0.5) is 0 Å². The summed E-state index contributed by atoms with van der Waals surface area (Å²) in [5.41, 5.74) is 3.03. The quantitative estimate of drug-likeness (QED) is 0.654. The number of hydrogen-bond donors (Lipinski definition) is 0. The van der Waals surface area contributed by atoms with Crippen molar-refractivity contribution < 1.29 is 4.74 Å². The van der Waals surface area contributed by atoms with Crippen molar-refractivity contribution in [1.29, 1.82) is 0 Å². The van der Waals surface area contributed by atoms with Gasteiger partial charge in [0.2, 0.25) is 0 Å². The van der Waals surface area contributed by atoms with Crippen LogP contribution in [0.25, 0.3) is 5.52 Å². The summed E-state index contributed by atoms with van der Waals surface area (Å²) in [5.74, 6) is 0.816. The SMILES string of the molecule is Cc1cc2c(OCc3c(Cl)cccc3Cl)cccn2c1. The summed E-state index contributed by atoms with van der Waals surface area (Å²) in [6.45, 7) is 2.41. The molecule has 0 aliphatic rings. The average molecular weight is 306 g/mol. The molecule has 0 saturated carbocycles. The fourth-order valence-corrected chi connectivity index (χ4v) is 2.70. The van der Waals surface area contributed by atoms with Crippen LogP contribution in [0.3, 0.4) is 0 Å². The van der Waals surface area contributed by atoms with Gasteiger partial charge in [-0.05, 0) is 42.8 Å². The molecule has 1 aromatic carbocycles. The number of halogens is 2. The van der Waals surface area contributed by atoms with Gasteiger partial charge < -0.3 is 9.14 Å². The molecule has 0 unspecified atom stereocenters. The molecular weight excluding hydrogens is 293 g/mol. The van der Waals surface area contributed by atoms with Crippen LogP contribution < -0.4 is 4.74 Å². The lowest BCUT2D eigenvalue weighted by Crippen LogP contribution is -1.98. The summed E-state index contributed by atoms with van der Waals surface area (Å²) in [5, 5.41) is 1.24. The molecule has 20 heavy (non-hydrogen) atoms. The number of rotatable bonds is 3. The standard InChI is InChI=1S/C16H13Cl2NO/c1-11-8-15-16(6-3-7-19(15)9-11)20-10-12-13(17)4-2-5-14(12)18/h2-9H,10H2,1H3. The third-order valence-electron chi connectivity index (χ3n) is 3.17. The van der Waals surface area contributed by atoms with Gasteiger partial charge in [0.05, 0.1) is 5.52 Å². The van der Waals surface area contributed by atoms with Crippen molar-refractivity contribution in [3.05, 3.63) is 70.0 Å². The predicted molar refractivity (Wildman–Crippen MR) is 82.9 cm³/mol. The summed E-state index contributed by atoms with van der Waals surface area (Å²) in [6, 6.07) is 11.4. The number of aromatic nitrogens is 1. The molecule has 0 aliphatic carbocycles. The first kappa shape index (κ1) is 13.3. The zero-order valence-corrected chi connectivity index (χ0v) is 12.4. The van der Waals surface area contributed by atoms with Crippen molar-refractivity contribution in [3.63, 3.8) is 0 Å². The minimum atomic E-state index is 0.350. The molecule has 2 nitrogen and oxygen atoms in total. The van der Waals surface area contributed by atoms with E-state index in [0.29, 0.717) is 16.7 Å². The van der Waals surface area contributed by atoms with Crippen LogP contribution in [-0.4, -0.2) is 4.40 Å². The lowest BCUT2D eigenvalue weighted by Gasteiger charge is -2.10. The molecule has 0 aliphatic heterocycles. The molecule has 102 valence electrons. The average Bonchev–Trinajstić information content (AvgIpc) is 2.79. The molecule has 0 radical (unpaired) electrons. The summed E-state index contributed by atoms with van der Waals surface area (Å²) in [6.07, 6.45) is 4.06. The van der Waals surface area contributed by atoms with Gasteiger partial charge in [-0.1, -0.05) is 29.3 Å². The molecule has 3 aromatic rings. The Balaban J connectivity index is 1.91. The highest BCUT2D eigenvalue weighted by Crippen LogP contribution is 2.27. The number of benzene rings is 1. The Bertz CT molecular complexity index is 744. The van der Waals surface area contributed by atoms with Crippen molar-refractivity contribution in [2.75, 3.05) is 0 Å². The number of nitrogens with zero attached hydrogens (tertiary/aromatic N) is 1. The van der Waals surface area contributed by atoms with E-state index in [-0.39, 0.29) is 0 Å². The van der Waals surface area contributed by atoms with Gasteiger partial charge in [-0.15, -0.1) is 0 Å². The van der Waals surface area contributed by atoms with Gasteiger partial charge >= 0.3 is 0 Å². The molecule has 0 atom stereocenters. The maximum atomic E-state index is 6.15. The minimum Gasteiger partial charge on any atom is -0.487 e. The largest absolute Gasteiger partial charge is 0.487 e. The first-order valence-corrected chi connectivity index (χ1v) is 7.04. The van der Waals surface area contributed by atoms with E-state index in [1.54, 1.807) is 0 Å². The number of pyridine rings is 1. The Labute approximate surface area is 127 Å². The highest BCUT2D eigenvalue weighted by atomic mass is 35.5. The van der Waals surface area contributed by atoms with E-state index >= 15 is 0 Å². The van der Waals surface area contributed by atoms with E-state index in [1.807, 2.05) is 40.9 Å². The first-order valence-electron chi connectivity index (χ1n) is 6.28. The smallest absolute Gasteiger partial charge is 0.143 e. The van der Waals surface area contributed by atoms with Crippen molar-refractivity contribution in [1.82, 2.24) is 4.40 Å². The zero-order chi connectivity index (χ0) is 14.1. The Morgan fingerprint density at radius 2 is 1.85 bits per heavy atom. The zero-order valence-electron chi connectivity index (χ0n) is 10.9. The Morgan fingerprint density at radius 3 is 2.60 bits per heavy atom. The fraction of sp³-hybridized carbons (Fsp3) is 0.125. The Hall–Kier alpha value is -1.64. The highest BCUT2D eigenvalue weighted by Gasteiger charge is 2.08. The molecule has 0 spiro atoms. The normalized spacial score (nSPS) is 10.9. The molecule has 0 amide bonds. The van der Waals surface area contributed by atoms with Crippen LogP contribution >= 0.6 is 23.2 Å². The van der Waals surface area contributed by atoms with Crippen LogP contribution in [0, 0.1) is 6.92 Å². The van der Waals surface area contributed by atoms with Gasteiger partial charge in [0.25, 0.3) is 0 Å². The highest BCUT2D eigenvalue weighted by molar-refractivity contribution is 6.35. The molecule has 2 aromatic heterocycles. The van der Waals surface area contributed by atoms with Gasteiger partial charge in [-0.25, -0.2) is 0 Å². The number of ether oxygens (including phenoxy) is 1. The lowest BCUT2D eigenvalue weighted by atomic mass is 10.2. The summed E-state index contributed by atoms with van der Waals surface area (Å²) >= 11 is 12.3. The van der Waals surface area contributed by atoms with E-state index in [2.05, 4.69) is 19.2 Å². The van der Waals surface area contributed by atoms with Crippen molar-refractivity contribution in [2.45, 2.75) is 13.5 Å². The molecular formula is C16H13Cl2NO. The molecule has 3 rings (SSSR count). The third kappa shape index (κ3) is 2.49. The predicted octanol–water partition coefficient (Wildman–Crippen LogP) is 5.13. The van der Waals surface area contributed by atoms with Crippen molar-refractivity contribution in [2.24, 2.45) is 0 Å². The van der Waals surface area contributed by atoms with Crippen LogP contribution in [0.15, 0.2) is 48.8 Å². The van der Waals surface area contributed by atoms with Crippen LogP contribution in [0.1, 0.15) is 11.1 Å². The molecule has 0 bridgehead atoms. The van der Waals surface area contributed by atoms with E-state index < -0.39 is 0 Å². The third-order valence-corrected chi connectivity index (χ3v) is 3.87. The maximum Gasteiger partial charge on any atom is 0.143 e. The number of aryl methyl sites for hydroxylation is 1. The van der Waals surface area contributed by atoms with Crippen LogP contribution in [0.2, 0.25) is 10.0 Å². The second-order valence-corrected chi connectivity index (χ2v) is 5.49. The molecule has 2 heterocycles. The summed E-state index contributed by atoms with van der Waals surface area (Å²) in [7, 11) is 0. The van der Waals surface area contributed by atoms with Gasteiger partial charge in [0, 0.05) is 28.0 Å². The van der Waals surface area contributed by atoms with Gasteiger partial charge in [-0.3, -0.25) is 0 Å². The molecule has 0 fully saturated rings. The summed E-state index contributed by atoms with van der Waals surface area (Å²) < 4.78 is 7.93. The number of fused-ring (bicyclic) bond motifs is 1. The second-order valence-electron chi connectivity index (χ2n) is 4.67. The fourth-order valence-electron chi connectivity index (χ4n) is 2.19. The van der Waals surface area contributed by atoms with Gasteiger partial charge in [0.15, 0.2) is 0 Å². The van der Waals surface area contributed by atoms with Crippen molar-refractivity contribution >= 4 is 28.7 Å².